The quantitative estimate of drug-likeness (QED) is 0.399. The molecule has 0 aliphatic rings. The van der Waals surface area contributed by atoms with Crippen molar-refractivity contribution < 1.29 is 19.0 Å². The molecule has 7 heteroatoms. The van der Waals surface area contributed by atoms with E-state index >= 15 is 0 Å². The molecule has 0 saturated heterocycles. The molecule has 0 bridgehead atoms. The van der Waals surface area contributed by atoms with Gasteiger partial charge in [-0.1, -0.05) is 18.2 Å². The number of hydrogen-bond acceptors (Lipinski definition) is 6. The number of benzene rings is 3. The molecule has 0 aliphatic heterocycles. The normalized spacial score (nSPS) is 10.5. The van der Waals surface area contributed by atoms with Gasteiger partial charge in [0.15, 0.2) is 11.5 Å². The summed E-state index contributed by atoms with van der Waals surface area (Å²) in [5, 5.41) is 15.0. The number of anilines is 2. The maximum absolute atomic E-state index is 12.4. The molecule has 0 radical (unpaired) electrons. The zero-order chi connectivity index (χ0) is 22.1. The third kappa shape index (κ3) is 5.78. The van der Waals surface area contributed by atoms with E-state index in [1.54, 1.807) is 49.6 Å². The van der Waals surface area contributed by atoms with Gasteiger partial charge in [0.2, 0.25) is 0 Å². The van der Waals surface area contributed by atoms with E-state index in [0.29, 0.717) is 28.6 Å². The summed E-state index contributed by atoms with van der Waals surface area (Å²) >= 11 is 0. The van der Waals surface area contributed by atoms with Crippen molar-refractivity contribution in [3.05, 3.63) is 84.6 Å². The Balaban J connectivity index is 1.63. The number of nitrogens with one attached hydrogen (secondary N) is 2. The number of carbonyl (C=O) groups excluding carboxylic acids is 1. The molecule has 0 atom stereocenters. The minimum Gasteiger partial charge on any atom is -0.493 e. The molecule has 1 amide bonds. The Morgan fingerprint density at radius 3 is 2.16 bits per heavy atom. The first kappa shape index (κ1) is 21.3. The van der Waals surface area contributed by atoms with Crippen LogP contribution in [-0.2, 0) is 4.79 Å². The first-order valence-electron chi connectivity index (χ1n) is 9.36. The third-order valence-electron chi connectivity index (χ3n) is 4.22. The van der Waals surface area contributed by atoms with Gasteiger partial charge >= 0.3 is 0 Å². The number of hydrogen-bond donors (Lipinski definition) is 2. The number of rotatable bonds is 8. The number of carbonyl (C=O) groups is 1. The van der Waals surface area contributed by atoms with Crippen LogP contribution in [0.3, 0.4) is 0 Å². The molecule has 7 nitrogen and oxygen atoms in total. The van der Waals surface area contributed by atoms with Crippen LogP contribution < -0.4 is 24.8 Å². The van der Waals surface area contributed by atoms with Gasteiger partial charge < -0.3 is 24.8 Å². The van der Waals surface area contributed by atoms with Gasteiger partial charge in [-0.25, -0.2) is 0 Å². The van der Waals surface area contributed by atoms with Gasteiger partial charge in [0.25, 0.3) is 5.91 Å². The van der Waals surface area contributed by atoms with Crippen molar-refractivity contribution in [1.29, 1.82) is 5.26 Å². The van der Waals surface area contributed by atoms with Crippen LogP contribution in [0, 0.1) is 11.3 Å². The van der Waals surface area contributed by atoms with E-state index in [-0.39, 0.29) is 5.57 Å². The summed E-state index contributed by atoms with van der Waals surface area (Å²) in [7, 11) is 3.07. The number of para-hydroxylation sites is 1. The van der Waals surface area contributed by atoms with Crippen LogP contribution in [0.1, 0.15) is 0 Å². The van der Waals surface area contributed by atoms with Crippen molar-refractivity contribution in [2.24, 2.45) is 0 Å². The van der Waals surface area contributed by atoms with Crippen molar-refractivity contribution in [2.45, 2.75) is 0 Å². The summed E-state index contributed by atoms with van der Waals surface area (Å²) in [6.45, 7) is 0. The van der Waals surface area contributed by atoms with Crippen molar-refractivity contribution in [2.75, 3.05) is 24.9 Å². The highest BCUT2D eigenvalue weighted by Crippen LogP contribution is 2.29. The van der Waals surface area contributed by atoms with Gasteiger partial charge in [0.05, 0.1) is 14.2 Å². The monoisotopic (exact) mass is 415 g/mol. The van der Waals surface area contributed by atoms with E-state index in [0.717, 1.165) is 5.75 Å². The number of amides is 1. The lowest BCUT2D eigenvalue weighted by Crippen LogP contribution is -2.14. The number of nitriles is 1. The average Bonchev–Trinajstić information content (AvgIpc) is 2.81. The van der Waals surface area contributed by atoms with Gasteiger partial charge in [-0.05, 0) is 48.5 Å². The molecule has 156 valence electrons. The number of nitrogens with zero attached hydrogens (tertiary/aromatic N) is 1. The molecule has 0 aliphatic carbocycles. The van der Waals surface area contributed by atoms with Gasteiger partial charge in [0.1, 0.15) is 23.1 Å². The summed E-state index contributed by atoms with van der Waals surface area (Å²) in [5.74, 6) is 1.93. The highest BCUT2D eigenvalue weighted by Gasteiger charge is 2.10. The van der Waals surface area contributed by atoms with Crippen molar-refractivity contribution in [1.82, 2.24) is 0 Å². The molecule has 0 aromatic heterocycles. The van der Waals surface area contributed by atoms with Crippen LogP contribution in [0.25, 0.3) is 0 Å². The fraction of sp³-hybridized carbons (Fsp3) is 0.0833. The van der Waals surface area contributed by atoms with E-state index in [2.05, 4.69) is 10.6 Å². The summed E-state index contributed by atoms with van der Waals surface area (Å²) < 4.78 is 16.2. The minimum absolute atomic E-state index is 0.0839. The molecule has 3 rings (SSSR count). The van der Waals surface area contributed by atoms with E-state index in [9.17, 15) is 10.1 Å². The zero-order valence-corrected chi connectivity index (χ0v) is 17.1. The lowest BCUT2D eigenvalue weighted by molar-refractivity contribution is -0.112. The topological polar surface area (TPSA) is 92.6 Å². The van der Waals surface area contributed by atoms with Crippen LogP contribution in [-0.4, -0.2) is 20.1 Å². The lowest BCUT2D eigenvalue weighted by Gasteiger charge is -2.10. The van der Waals surface area contributed by atoms with E-state index in [1.807, 2.05) is 36.4 Å². The summed E-state index contributed by atoms with van der Waals surface area (Å²) in [5.41, 5.74) is 1.10. The highest BCUT2D eigenvalue weighted by molar-refractivity contribution is 6.06. The van der Waals surface area contributed by atoms with Gasteiger partial charge in [-0.15, -0.1) is 0 Å². The Kier molecular flexibility index (Phi) is 7.12. The lowest BCUT2D eigenvalue weighted by atomic mass is 10.2. The summed E-state index contributed by atoms with van der Waals surface area (Å²) in [6.07, 6.45) is 1.34. The SMILES string of the molecule is COc1ccc(N/C=C(/C#N)C(=O)Nc2ccc(Oc3ccccc3)cc2)cc1OC. The molecular formula is C24H21N3O4. The Morgan fingerprint density at radius 2 is 1.52 bits per heavy atom. The Labute approximate surface area is 180 Å². The molecule has 31 heavy (non-hydrogen) atoms. The molecule has 0 spiro atoms. The van der Waals surface area contributed by atoms with E-state index in [1.165, 1.54) is 13.3 Å². The molecule has 0 unspecified atom stereocenters. The standard InChI is InChI=1S/C24H21N3O4/c1-29-22-13-10-19(14-23(22)30-2)26-16-17(15-25)24(28)27-18-8-11-21(12-9-18)31-20-6-4-3-5-7-20/h3-14,16,26H,1-2H3,(H,27,28)/b17-16-. The predicted molar refractivity (Wildman–Crippen MR) is 118 cm³/mol. The second-order valence-corrected chi connectivity index (χ2v) is 6.28. The fourth-order valence-electron chi connectivity index (χ4n) is 2.66. The minimum atomic E-state index is -0.535. The van der Waals surface area contributed by atoms with Crippen molar-refractivity contribution >= 4 is 17.3 Å². The molecular weight excluding hydrogens is 394 g/mol. The van der Waals surface area contributed by atoms with Gasteiger partial charge in [-0.2, -0.15) is 5.26 Å². The highest BCUT2D eigenvalue weighted by atomic mass is 16.5. The molecule has 3 aromatic rings. The number of methoxy groups -OCH3 is 2. The maximum Gasteiger partial charge on any atom is 0.267 e. The van der Waals surface area contributed by atoms with Gasteiger partial charge in [-0.3, -0.25) is 4.79 Å². The van der Waals surface area contributed by atoms with Crippen LogP contribution in [0.4, 0.5) is 11.4 Å². The summed E-state index contributed by atoms with van der Waals surface area (Å²) in [6, 6.07) is 23.3. The van der Waals surface area contributed by atoms with E-state index in [4.69, 9.17) is 14.2 Å². The van der Waals surface area contributed by atoms with Crippen LogP contribution in [0.15, 0.2) is 84.6 Å². The Morgan fingerprint density at radius 1 is 0.871 bits per heavy atom. The molecule has 0 fully saturated rings. The first-order chi connectivity index (χ1) is 15.1. The van der Waals surface area contributed by atoms with Crippen molar-refractivity contribution in [3.8, 4) is 29.1 Å². The zero-order valence-electron chi connectivity index (χ0n) is 17.1. The van der Waals surface area contributed by atoms with Crippen LogP contribution in [0.2, 0.25) is 0 Å². The third-order valence-corrected chi connectivity index (χ3v) is 4.22. The number of ether oxygens (including phenoxy) is 3. The summed E-state index contributed by atoms with van der Waals surface area (Å²) in [4.78, 5) is 12.4. The van der Waals surface area contributed by atoms with Gasteiger partial charge in [0, 0.05) is 23.6 Å². The molecule has 0 saturated carbocycles. The molecule has 2 N–H and O–H groups in total. The molecule has 3 aromatic carbocycles. The second kappa shape index (κ2) is 10.4. The fourth-order valence-corrected chi connectivity index (χ4v) is 2.66. The smallest absolute Gasteiger partial charge is 0.267 e. The second-order valence-electron chi connectivity index (χ2n) is 6.28. The average molecular weight is 415 g/mol. The predicted octanol–water partition coefficient (Wildman–Crippen LogP) is 4.95. The van der Waals surface area contributed by atoms with Crippen LogP contribution >= 0.6 is 0 Å². The van der Waals surface area contributed by atoms with Crippen molar-refractivity contribution in [3.63, 3.8) is 0 Å². The molecule has 0 heterocycles. The van der Waals surface area contributed by atoms with Crippen LogP contribution in [0.5, 0.6) is 23.0 Å². The van der Waals surface area contributed by atoms with E-state index < -0.39 is 5.91 Å². The Hall–Kier alpha value is -4.44. The Bertz CT molecular complexity index is 1100. The maximum atomic E-state index is 12.4. The largest absolute Gasteiger partial charge is 0.493 e. The first-order valence-corrected chi connectivity index (χ1v) is 9.36.